The number of piperidine rings is 1. The number of rotatable bonds is 6. The minimum Gasteiger partial charge on any atom is -0.392 e. The third-order valence-corrected chi connectivity index (χ3v) is 6.53. The molecule has 1 saturated carbocycles. The number of nitrogens with one attached hydrogen (secondary N) is 1. The molecular weight excluding hydrogens is 324 g/mol. The van der Waals surface area contributed by atoms with E-state index in [-0.39, 0.29) is 17.9 Å². The van der Waals surface area contributed by atoms with Crippen molar-refractivity contribution in [2.24, 2.45) is 17.8 Å². The molecule has 1 aromatic carbocycles. The molecule has 0 bridgehead atoms. The van der Waals surface area contributed by atoms with Crippen molar-refractivity contribution in [3.63, 3.8) is 0 Å². The summed E-state index contributed by atoms with van der Waals surface area (Å²) < 4.78 is 0. The molecule has 0 radical (unpaired) electrons. The first-order chi connectivity index (χ1) is 12.6. The number of nitrogens with zero attached hydrogens (tertiary/aromatic N) is 1. The quantitative estimate of drug-likeness (QED) is 0.822. The smallest absolute Gasteiger partial charge is 0.237 e. The largest absolute Gasteiger partial charge is 0.392 e. The van der Waals surface area contributed by atoms with Crippen molar-refractivity contribution in [2.75, 3.05) is 20.1 Å². The summed E-state index contributed by atoms with van der Waals surface area (Å²) in [5.41, 5.74) is 1.26. The molecule has 4 nitrogen and oxygen atoms in total. The Morgan fingerprint density at radius 3 is 2.62 bits per heavy atom. The third-order valence-electron chi connectivity index (χ3n) is 6.53. The van der Waals surface area contributed by atoms with Crippen LogP contribution in [-0.4, -0.2) is 48.2 Å². The maximum absolute atomic E-state index is 12.5. The lowest BCUT2D eigenvalue weighted by Gasteiger charge is -2.46. The number of β-amino-alcohol motifs (C(OH)–C–C–N with tert-alkyl or cyclic N) is 1. The highest BCUT2D eigenvalue weighted by molar-refractivity contribution is 5.81. The van der Waals surface area contributed by atoms with Crippen LogP contribution in [0.15, 0.2) is 30.3 Å². The zero-order valence-corrected chi connectivity index (χ0v) is 16.2. The number of fused-ring (bicyclic) bond motifs is 1. The first-order valence-corrected chi connectivity index (χ1v) is 10.3. The molecule has 1 aromatic rings. The van der Waals surface area contributed by atoms with Crippen LogP contribution in [0.25, 0.3) is 0 Å². The van der Waals surface area contributed by atoms with E-state index in [0.717, 1.165) is 19.4 Å². The van der Waals surface area contributed by atoms with Gasteiger partial charge in [-0.25, -0.2) is 0 Å². The molecule has 2 N–H and O–H groups in total. The van der Waals surface area contributed by atoms with Gasteiger partial charge in [-0.15, -0.1) is 0 Å². The van der Waals surface area contributed by atoms with Crippen molar-refractivity contribution in [3.8, 4) is 0 Å². The van der Waals surface area contributed by atoms with E-state index in [1.165, 1.54) is 31.2 Å². The second-order valence-corrected chi connectivity index (χ2v) is 8.36. The molecule has 4 heteroatoms. The number of likely N-dealkylation sites (tertiary alicyclic amines) is 1. The first-order valence-electron chi connectivity index (χ1n) is 10.3. The average molecular weight is 359 g/mol. The molecule has 2 fully saturated rings. The molecule has 144 valence electrons. The fraction of sp³-hybridized carbons (Fsp3) is 0.682. The SMILES string of the molecule is CNC(=O)[C@@H]1C[C@@H]2CCCC[C@@H]2CN1C[C@@H](O)[C@@H](C)Cc1ccccc1. The Balaban J connectivity index is 1.63. The highest BCUT2D eigenvalue weighted by Gasteiger charge is 2.40. The Hall–Kier alpha value is -1.39. The molecule has 1 aliphatic heterocycles. The number of carbonyl (C=O) groups excluding carboxylic acids is 1. The van der Waals surface area contributed by atoms with Crippen LogP contribution in [0.3, 0.4) is 0 Å². The van der Waals surface area contributed by atoms with E-state index in [2.05, 4.69) is 29.3 Å². The Bertz CT molecular complexity index is 577. The molecule has 1 heterocycles. The minimum absolute atomic E-state index is 0.0853. The number of aliphatic hydroxyl groups is 1. The van der Waals surface area contributed by atoms with Crippen LogP contribution in [0, 0.1) is 17.8 Å². The lowest BCUT2D eigenvalue weighted by atomic mass is 9.72. The molecule has 2 aliphatic rings. The predicted octanol–water partition coefficient (Wildman–Crippen LogP) is 2.85. The van der Waals surface area contributed by atoms with Gasteiger partial charge in [0.05, 0.1) is 12.1 Å². The van der Waals surface area contributed by atoms with Crippen LogP contribution >= 0.6 is 0 Å². The molecule has 3 rings (SSSR count). The van der Waals surface area contributed by atoms with Crippen molar-refractivity contribution in [2.45, 2.75) is 57.6 Å². The average Bonchev–Trinajstić information content (AvgIpc) is 2.67. The van der Waals surface area contributed by atoms with Crippen LogP contribution in [0.1, 0.15) is 44.6 Å². The molecule has 0 spiro atoms. The highest BCUT2D eigenvalue weighted by atomic mass is 16.3. The van der Waals surface area contributed by atoms with Gasteiger partial charge in [-0.05, 0) is 42.6 Å². The highest BCUT2D eigenvalue weighted by Crippen LogP contribution is 2.38. The number of hydrogen-bond acceptors (Lipinski definition) is 3. The summed E-state index contributed by atoms with van der Waals surface area (Å²) in [4.78, 5) is 14.7. The summed E-state index contributed by atoms with van der Waals surface area (Å²) in [6.45, 7) is 3.66. The van der Waals surface area contributed by atoms with E-state index in [0.29, 0.717) is 18.4 Å². The van der Waals surface area contributed by atoms with Crippen molar-refractivity contribution in [1.29, 1.82) is 0 Å². The van der Waals surface area contributed by atoms with E-state index in [9.17, 15) is 9.90 Å². The monoisotopic (exact) mass is 358 g/mol. The minimum atomic E-state index is -0.414. The molecule has 0 aromatic heterocycles. The van der Waals surface area contributed by atoms with Gasteiger partial charge in [-0.2, -0.15) is 0 Å². The van der Waals surface area contributed by atoms with E-state index in [1.54, 1.807) is 7.05 Å². The van der Waals surface area contributed by atoms with Gasteiger partial charge in [0.2, 0.25) is 5.91 Å². The zero-order chi connectivity index (χ0) is 18.5. The van der Waals surface area contributed by atoms with Gasteiger partial charge >= 0.3 is 0 Å². The molecule has 26 heavy (non-hydrogen) atoms. The second kappa shape index (κ2) is 9.01. The maximum Gasteiger partial charge on any atom is 0.237 e. The van der Waals surface area contributed by atoms with Gasteiger partial charge < -0.3 is 10.4 Å². The number of carbonyl (C=O) groups is 1. The maximum atomic E-state index is 12.5. The van der Waals surface area contributed by atoms with Crippen LogP contribution in [0.5, 0.6) is 0 Å². The Morgan fingerprint density at radius 2 is 1.92 bits per heavy atom. The lowest BCUT2D eigenvalue weighted by Crippen LogP contribution is -2.56. The third kappa shape index (κ3) is 4.66. The number of hydrogen-bond donors (Lipinski definition) is 2. The summed E-state index contributed by atoms with van der Waals surface area (Å²) in [6, 6.07) is 10.3. The molecule has 1 saturated heterocycles. The van der Waals surface area contributed by atoms with Gasteiger partial charge in [0, 0.05) is 20.1 Å². The van der Waals surface area contributed by atoms with E-state index < -0.39 is 6.10 Å². The fourth-order valence-electron chi connectivity index (χ4n) is 4.88. The fourth-order valence-corrected chi connectivity index (χ4v) is 4.88. The van der Waals surface area contributed by atoms with E-state index in [1.807, 2.05) is 18.2 Å². The summed E-state index contributed by atoms with van der Waals surface area (Å²) in [6.07, 6.45) is 6.56. The standard InChI is InChI=1S/C22H34N2O2/c1-16(12-17-8-4-3-5-9-17)21(25)15-24-14-19-11-7-6-10-18(19)13-20(24)22(26)23-2/h3-5,8-9,16,18-21,25H,6-7,10-15H2,1-2H3,(H,23,26)/t16-,18-,19+,20-,21+/m0/s1. The first kappa shape index (κ1) is 19.4. The van der Waals surface area contributed by atoms with Gasteiger partial charge in [-0.1, -0.05) is 56.5 Å². The summed E-state index contributed by atoms with van der Waals surface area (Å²) in [5, 5.41) is 13.7. The number of benzene rings is 1. The van der Waals surface area contributed by atoms with Gasteiger partial charge in [0.25, 0.3) is 0 Å². The van der Waals surface area contributed by atoms with Crippen LogP contribution in [0.2, 0.25) is 0 Å². The van der Waals surface area contributed by atoms with Crippen molar-refractivity contribution in [1.82, 2.24) is 10.2 Å². The number of amides is 1. The summed E-state index contributed by atoms with van der Waals surface area (Å²) >= 11 is 0. The second-order valence-electron chi connectivity index (χ2n) is 8.36. The van der Waals surface area contributed by atoms with Crippen molar-refractivity contribution < 1.29 is 9.90 Å². The lowest BCUT2D eigenvalue weighted by molar-refractivity contribution is -0.130. The van der Waals surface area contributed by atoms with Gasteiger partial charge in [0.15, 0.2) is 0 Å². The normalized spacial score (nSPS) is 28.8. The van der Waals surface area contributed by atoms with Crippen molar-refractivity contribution >= 4 is 5.91 Å². The summed E-state index contributed by atoms with van der Waals surface area (Å²) in [7, 11) is 1.72. The van der Waals surface area contributed by atoms with Gasteiger partial charge in [-0.3, -0.25) is 9.69 Å². The van der Waals surface area contributed by atoms with Crippen LogP contribution in [0.4, 0.5) is 0 Å². The Kier molecular flexibility index (Phi) is 6.71. The van der Waals surface area contributed by atoms with Crippen molar-refractivity contribution in [3.05, 3.63) is 35.9 Å². The van der Waals surface area contributed by atoms with Crippen LogP contribution < -0.4 is 5.32 Å². The van der Waals surface area contributed by atoms with Gasteiger partial charge in [0.1, 0.15) is 0 Å². The molecule has 1 amide bonds. The molecule has 1 aliphatic carbocycles. The van der Waals surface area contributed by atoms with Crippen LogP contribution in [-0.2, 0) is 11.2 Å². The zero-order valence-electron chi connectivity index (χ0n) is 16.2. The Morgan fingerprint density at radius 1 is 1.23 bits per heavy atom. The Labute approximate surface area is 158 Å². The summed E-state index contributed by atoms with van der Waals surface area (Å²) in [5.74, 6) is 1.66. The predicted molar refractivity (Wildman–Crippen MR) is 105 cm³/mol. The number of likely N-dealkylation sites (N-methyl/N-ethyl adjacent to an activating group) is 1. The molecule has 5 atom stereocenters. The number of aliphatic hydroxyl groups excluding tert-OH is 1. The van der Waals surface area contributed by atoms with E-state index in [4.69, 9.17) is 0 Å². The topological polar surface area (TPSA) is 52.6 Å². The van der Waals surface area contributed by atoms with E-state index >= 15 is 0 Å². The molecular formula is C22H34N2O2. The molecule has 0 unspecified atom stereocenters.